The number of carbonyl (C=O) groups excluding carboxylic acids is 2. The van der Waals surface area contributed by atoms with Gasteiger partial charge in [-0.25, -0.2) is 0 Å². The van der Waals surface area contributed by atoms with Crippen LogP contribution in [0.2, 0.25) is 0 Å². The molecule has 1 atom stereocenters. The molecule has 4 rings (SSSR count). The molecule has 2 amide bonds. The van der Waals surface area contributed by atoms with E-state index in [1.54, 1.807) is 18.1 Å². The predicted molar refractivity (Wildman–Crippen MR) is 102 cm³/mol. The van der Waals surface area contributed by atoms with Crippen molar-refractivity contribution in [2.45, 2.75) is 44.3 Å². The molecule has 140 valence electrons. The number of carbonyl (C=O) groups is 2. The van der Waals surface area contributed by atoms with Crippen LogP contribution in [-0.4, -0.2) is 29.9 Å². The fourth-order valence-electron chi connectivity index (χ4n) is 4.18. The predicted octanol–water partition coefficient (Wildman–Crippen LogP) is 3.45. The summed E-state index contributed by atoms with van der Waals surface area (Å²) < 4.78 is 5.43. The smallest absolute Gasteiger partial charge is 0.255 e. The first-order chi connectivity index (χ1) is 13.2. The fourth-order valence-corrected chi connectivity index (χ4v) is 4.18. The van der Waals surface area contributed by atoms with Crippen LogP contribution in [0, 0.1) is 0 Å². The zero-order chi connectivity index (χ0) is 18.8. The number of nitrogens with one attached hydrogen (secondary N) is 1. The third-order valence-corrected chi connectivity index (χ3v) is 5.54. The van der Waals surface area contributed by atoms with Crippen molar-refractivity contribution in [1.82, 2.24) is 10.2 Å². The first kappa shape index (κ1) is 17.6. The Balaban J connectivity index is 1.65. The summed E-state index contributed by atoms with van der Waals surface area (Å²) in [5.41, 5.74) is 2.28. The first-order valence-electron chi connectivity index (χ1n) is 9.51. The largest absolute Gasteiger partial charge is 0.496 e. The lowest BCUT2D eigenvalue weighted by atomic mass is 10.0. The standard InChI is InChI=1S/C22H24N2O3/c1-27-19-13-7-2-8-15(19)14-24-20(21(25)23-16-9-3-4-10-16)17-11-5-6-12-18(17)22(24)26/h2,5-8,11-13,16,20H,3-4,9-10,14H2,1H3,(H,23,25). The Labute approximate surface area is 159 Å². The molecule has 0 aromatic heterocycles. The number of methoxy groups -OCH3 is 1. The van der Waals surface area contributed by atoms with Crippen LogP contribution >= 0.6 is 0 Å². The maximum absolute atomic E-state index is 13.1. The fraction of sp³-hybridized carbons (Fsp3) is 0.364. The molecule has 1 N–H and O–H groups in total. The van der Waals surface area contributed by atoms with Gasteiger partial charge in [0.25, 0.3) is 5.91 Å². The van der Waals surface area contributed by atoms with Crippen LogP contribution in [0.25, 0.3) is 0 Å². The molecule has 2 aromatic rings. The monoisotopic (exact) mass is 364 g/mol. The van der Waals surface area contributed by atoms with Gasteiger partial charge in [-0.1, -0.05) is 49.2 Å². The maximum Gasteiger partial charge on any atom is 0.255 e. The van der Waals surface area contributed by atoms with Crippen molar-refractivity contribution in [3.63, 3.8) is 0 Å². The lowest BCUT2D eigenvalue weighted by Gasteiger charge is -2.26. The number of ether oxygens (including phenoxy) is 1. The number of hydrogen-bond donors (Lipinski definition) is 1. The van der Waals surface area contributed by atoms with Gasteiger partial charge in [-0.2, -0.15) is 0 Å². The van der Waals surface area contributed by atoms with E-state index in [2.05, 4.69) is 5.32 Å². The highest BCUT2D eigenvalue weighted by Gasteiger charge is 2.41. The second-order valence-electron chi connectivity index (χ2n) is 7.22. The van der Waals surface area contributed by atoms with E-state index in [0.717, 1.165) is 42.6 Å². The molecule has 1 saturated carbocycles. The topological polar surface area (TPSA) is 58.6 Å². The highest BCUT2D eigenvalue weighted by molar-refractivity contribution is 6.04. The average Bonchev–Trinajstić information content (AvgIpc) is 3.29. The van der Waals surface area contributed by atoms with Crippen molar-refractivity contribution in [3.05, 3.63) is 65.2 Å². The van der Waals surface area contributed by atoms with E-state index in [0.29, 0.717) is 12.1 Å². The van der Waals surface area contributed by atoms with Crippen molar-refractivity contribution in [3.8, 4) is 5.75 Å². The first-order valence-corrected chi connectivity index (χ1v) is 9.51. The van der Waals surface area contributed by atoms with E-state index in [-0.39, 0.29) is 17.9 Å². The van der Waals surface area contributed by atoms with Gasteiger partial charge < -0.3 is 15.0 Å². The van der Waals surface area contributed by atoms with Crippen molar-refractivity contribution in [1.29, 1.82) is 0 Å². The second kappa shape index (κ2) is 7.43. The number of nitrogens with zero attached hydrogens (tertiary/aromatic N) is 1. The Morgan fingerprint density at radius 1 is 1.11 bits per heavy atom. The molecular weight excluding hydrogens is 340 g/mol. The van der Waals surface area contributed by atoms with E-state index in [4.69, 9.17) is 4.74 Å². The van der Waals surface area contributed by atoms with Gasteiger partial charge in [-0.3, -0.25) is 9.59 Å². The number of para-hydroxylation sites is 1. The quantitative estimate of drug-likeness (QED) is 0.884. The second-order valence-corrected chi connectivity index (χ2v) is 7.22. The molecule has 1 aliphatic heterocycles. The third-order valence-electron chi connectivity index (χ3n) is 5.54. The van der Waals surface area contributed by atoms with Gasteiger partial charge in [0, 0.05) is 17.2 Å². The summed E-state index contributed by atoms with van der Waals surface area (Å²) in [7, 11) is 1.61. The lowest BCUT2D eigenvalue weighted by Crippen LogP contribution is -2.42. The third kappa shape index (κ3) is 3.29. The molecule has 1 heterocycles. The van der Waals surface area contributed by atoms with Gasteiger partial charge >= 0.3 is 0 Å². The Kier molecular flexibility index (Phi) is 4.84. The molecule has 0 saturated heterocycles. The van der Waals surface area contributed by atoms with Crippen molar-refractivity contribution in [2.75, 3.05) is 7.11 Å². The average molecular weight is 364 g/mol. The van der Waals surface area contributed by atoms with Crippen LogP contribution in [0.3, 0.4) is 0 Å². The molecule has 0 spiro atoms. The van der Waals surface area contributed by atoms with Crippen LogP contribution in [0.5, 0.6) is 5.75 Å². The summed E-state index contributed by atoms with van der Waals surface area (Å²) in [6.45, 7) is 0.334. The Hall–Kier alpha value is -2.82. The summed E-state index contributed by atoms with van der Waals surface area (Å²) in [5, 5.41) is 3.16. The van der Waals surface area contributed by atoms with Gasteiger partial charge in [-0.15, -0.1) is 0 Å². The molecule has 5 heteroatoms. The molecule has 5 nitrogen and oxygen atoms in total. The summed E-state index contributed by atoms with van der Waals surface area (Å²) in [5.74, 6) is 0.523. The van der Waals surface area contributed by atoms with Gasteiger partial charge in [0.05, 0.1) is 13.7 Å². The molecule has 27 heavy (non-hydrogen) atoms. The van der Waals surface area contributed by atoms with E-state index in [9.17, 15) is 9.59 Å². The summed E-state index contributed by atoms with van der Waals surface area (Å²) >= 11 is 0. The summed E-state index contributed by atoms with van der Waals surface area (Å²) in [6, 6.07) is 14.6. The molecule has 0 radical (unpaired) electrons. The van der Waals surface area contributed by atoms with Crippen LogP contribution in [0.4, 0.5) is 0 Å². The Bertz CT molecular complexity index is 858. The highest BCUT2D eigenvalue weighted by atomic mass is 16.5. The minimum absolute atomic E-state index is 0.0879. The molecule has 2 aliphatic rings. The molecule has 1 unspecified atom stereocenters. The summed E-state index contributed by atoms with van der Waals surface area (Å²) in [4.78, 5) is 27.8. The van der Waals surface area contributed by atoms with Crippen LogP contribution < -0.4 is 10.1 Å². The minimum Gasteiger partial charge on any atom is -0.496 e. The molecule has 0 bridgehead atoms. The van der Waals surface area contributed by atoms with Gasteiger partial charge in [0.2, 0.25) is 5.91 Å². The van der Waals surface area contributed by atoms with Crippen molar-refractivity contribution >= 4 is 11.8 Å². The van der Waals surface area contributed by atoms with Crippen molar-refractivity contribution in [2.24, 2.45) is 0 Å². The zero-order valence-electron chi connectivity index (χ0n) is 15.5. The van der Waals surface area contributed by atoms with Crippen molar-refractivity contribution < 1.29 is 14.3 Å². The molecule has 1 aliphatic carbocycles. The maximum atomic E-state index is 13.1. The van der Waals surface area contributed by atoms with E-state index >= 15 is 0 Å². The number of fused-ring (bicyclic) bond motifs is 1. The number of rotatable bonds is 5. The molecular formula is C22H24N2O3. The van der Waals surface area contributed by atoms with E-state index in [1.807, 2.05) is 42.5 Å². The zero-order valence-corrected chi connectivity index (χ0v) is 15.5. The van der Waals surface area contributed by atoms with Crippen LogP contribution in [-0.2, 0) is 11.3 Å². The number of benzene rings is 2. The van der Waals surface area contributed by atoms with Crippen LogP contribution in [0.15, 0.2) is 48.5 Å². The van der Waals surface area contributed by atoms with E-state index < -0.39 is 6.04 Å². The summed E-state index contributed by atoms with van der Waals surface area (Å²) in [6.07, 6.45) is 4.33. The van der Waals surface area contributed by atoms with Crippen LogP contribution in [0.1, 0.15) is 53.2 Å². The van der Waals surface area contributed by atoms with Gasteiger partial charge in [-0.05, 0) is 30.5 Å². The van der Waals surface area contributed by atoms with Gasteiger partial charge in [0.15, 0.2) is 0 Å². The normalized spacial score (nSPS) is 19.2. The molecule has 1 fully saturated rings. The Morgan fingerprint density at radius 2 is 1.81 bits per heavy atom. The lowest BCUT2D eigenvalue weighted by molar-refractivity contribution is -0.126. The number of hydrogen-bond acceptors (Lipinski definition) is 3. The SMILES string of the molecule is COc1ccccc1CN1C(=O)c2ccccc2C1C(=O)NC1CCCC1. The van der Waals surface area contributed by atoms with Gasteiger partial charge in [0.1, 0.15) is 11.8 Å². The number of amides is 2. The Morgan fingerprint density at radius 3 is 2.59 bits per heavy atom. The minimum atomic E-state index is -0.598. The highest BCUT2D eigenvalue weighted by Crippen LogP contribution is 2.36. The molecule has 2 aromatic carbocycles. The van der Waals surface area contributed by atoms with E-state index in [1.165, 1.54) is 0 Å².